The number of carbonyl (C=O) groups is 1. The number of tetrazole rings is 1. The first-order chi connectivity index (χ1) is 16.5. The largest absolute Gasteiger partial charge is 0.489 e. The second-order valence-corrected chi connectivity index (χ2v) is 9.09. The lowest BCUT2D eigenvalue weighted by Crippen LogP contribution is -2.29. The van der Waals surface area contributed by atoms with Gasteiger partial charge in [0, 0.05) is 7.05 Å². The lowest BCUT2D eigenvalue weighted by Gasteiger charge is -2.27. The number of aliphatic carboxylic acids is 1. The maximum absolute atomic E-state index is 11.3. The van der Waals surface area contributed by atoms with Gasteiger partial charge in [0.15, 0.2) is 0 Å². The molecule has 1 N–H and O–H groups in total. The Morgan fingerprint density at radius 1 is 1.18 bits per heavy atom. The third-order valence-corrected chi connectivity index (χ3v) is 6.36. The molecule has 0 bridgehead atoms. The highest BCUT2D eigenvalue weighted by molar-refractivity contribution is 5.70. The quantitative estimate of drug-likeness (QED) is 0.495. The summed E-state index contributed by atoms with van der Waals surface area (Å²) >= 11 is 0. The van der Waals surface area contributed by atoms with Gasteiger partial charge in [0.25, 0.3) is 0 Å². The predicted molar refractivity (Wildman–Crippen MR) is 118 cm³/mol. The number of hydrogen-bond acceptors (Lipinski definition) is 9. The Hall–Kier alpha value is -3.57. The fourth-order valence-corrected chi connectivity index (χ4v) is 4.18. The average molecular weight is 469 g/mol. The number of nitrogens with zero attached hydrogens (tertiary/aromatic N) is 8. The Kier molecular flexibility index (Phi) is 6.12. The van der Waals surface area contributed by atoms with Gasteiger partial charge >= 0.3 is 12.0 Å². The molecule has 2 aliphatic rings. The zero-order chi connectivity index (χ0) is 23.7. The van der Waals surface area contributed by atoms with Crippen LogP contribution in [0.3, 0.4) is 0 Å². The van der Waals surface area contributed by atoms with Gasteiger partial charge in [0.1, 0.15) is 18.0 Å². The molecule has 12 nitrogen and oxygen atoms in total. The first-order valence-electron chi connectivity index (χ1n) is 11.6. The highest BCUT2D eigenvalue weighted by Crippen LogP contribution is 2.31. The Bertz CT molecular complexity index is 1170. The van der Waals surface area contributed by atoms with Crippen LogP contribution in [-0.4, -0.2) is 64.0 Å². The standard InChI is InChI=1S/C22H28N8O4/c1-13-19(34-16-5-3-4-15(10-16)21(31)32)9-8-17(23-13)20-18(29(2)27-24-20)11-30-26-22(25-28-30)33-12-14-6-7-14/h8-9,14-16H,3-7,10-12H2,1-2H3,(H,31,32)/t15-,16+/m1/s1. The minimum Gasteiger partial charge on any atom is -0.489 e. The summed E-state index contributed by atoms with van der Waals surface area (Å²) in [5.74, 6) is 0.161. The van der Waals surface area contributed by atoms with Crippen LogP contribution in [0.4, 0.5) is 0 Å². The minimum atomic E-state index is -0.753. The molecule has 0 radical (unpaired) electrons. The molecule has 3 aromatic rings. The summed E-state index contributed by atoms with van der Waals surface area (Å²) in [6.07, 6.45) is 5.17. The molecule has 12 heteroatoms. The van der Waals surface area contributed by atoms with E-state index in [1.54, 1.807) is 11.7 Å². The molecular formula is C22H28N8O4. The van der Waals surface area contributed by atoms with Gasteiger partial charge in [0.2, 0.25) is 0 Å². The number of pyridine rings is 1. The summed E-state index contributed by atoms with van der Waals surface area (Å²) in [4.78, 5) is 17.5. The first-order valence-corrected chi connectivity index (χ1v) is 11.6. The van der Waals surface area contributed by atoms with Crippen molar-refractivity contribution < 1.29 is 19.4 Å². The van der Waals surface area contributed by atoms with E-state index in [1.165, 1.54) is 17.6 Å². The lowest BCUT2D eigenvalue weighted by molar-refractivity contribution is -0.143. The molecule has 0 aliphatic heterocycles. The molecule has 0 aromatic carbocycles. The SMILES string of the molecule is Cc1nc(-c2nnn(C)c2Cn2nnc(OCC3CC3)n2)ccc1O[C@H]1CCC[C@@H](C(=O)O)C1. The van der Waals surface area contributed by atoms with E-state index in [1.807, 2.05) is 19.1 Å². The number of aromatic nitrogens is 8. The predicted octanol–water partition coefficient (Wildman–Crippen LogP) is 2.03. The number of carboxylic acids is 1. The lowest BCUT2D eigenvalue weighted by atomic mass is 9.87. The smallest absolute Gasteiger partial charge is 0.356 e. The molecule has 0 spiro atoms. The third kappa shape index (κ3) is 5.00. The van der Waals surface area contributed by atoms with Crippen molar-refractivity contribution in [2.24, 2.45) is 18.9 Å². The van der Waals surface area contributed by atoms with E-state index in [0.29, 0.717) is 54.7 Å². The van der Waals surface area contributed by atoms with E-state index >= 15 is 0 Å². The van der Waals surface area contributed by atoms with E-state index in [9.17, 15) is 9.90 Å². The molecule has 34 heavy (non-hydrogen) atoms. The van der Waals surface area contributed by atoms with Gasteiger partial charge in [-0.2, -0.15) is 4.80 Å². The van der Waals surface area contributed by atoms with Gasteiger partial charge in [-0.25, -0.2) is 9.67 Å². The van der Waals surface area contributed by atoms with Crippen molar-refractivity contribution in [3.8, 4) is 23.1 Å². The van der Waals surface area contributed by atoms with Crippen LogP contribution in [0.2, 0.25) is 0 Å². The number of carboxylic acid groups (broad SMARTS) is 1. The van der Waals surface area contributed by atoms with E-state index in [0.717, 1.165) is 18.5 Å². The zero-order valence-electron chi connectivity index (χ0n) is 19.3. The van der Waals surface area contributed by atoms with Gasteiger partial charge < -0.3 is 14.6 Å². The van der Waals surface area contributed by atoms with Gasteiger partial charge in [-0.05, 0) is 68.7 Å². The molecule has 0 saturated heterocycles. The molecular weight excluding hydrogens is 440 g/mol. The second kappa shape index (κ2) is 9.35. The van der Waals surface area contributed by atoms with Crippen molar-refractivity contribution in [3.63, 3.8) is 0 Å². The molecule has 0 unspecified atom stereocenters. The van der Waals surface area contributed by atoms with Gasteiger partial charge in [-0.15, -0.1) is 5.10 Å². The fourth-order valence-electron chi connectivity index (χ4n) is 4.18. The van der Waals surface area contributed by atoms with Gasteiger partial charge in [-0.3, -0.25) is 4.79 Å². The first kappa shape index (κ1) is 22.2. The molecule has 2 aliphatic carbocycles. The normalized spacial score (nSPS) is 20.3. The van der Waals surface area contributed by atoms with Crippen LogP contribution >= 0.6 is 0 Å². The summed E-state index contributed by atoms with van der Waals surface area (Å²) in [5.41, 5.74) is 2.77. The molecule has 180 valence electrons. The van der Waals surface area contributed by atoms with Gasteiger partial charge in [-0.1, -0.05) is 15.4 Å². The Labute approximate surface area is 196 Å². The van der Waals surface area contributed by atoms with Crippen molar-refractivity contribution in [3.05, 3.63) is 23.5 Å². The van der Waals surface area contributed by atoms with Crippen molar-refractivity contribution in [1.82, 2.24) is 40.2 Å². The number of rotatable bonds is 9. The molecule has 5 rings (SSSR count). The number of ether oxygens (including phenoxy) is 2. The van der Waals surface area contributed by atoms with Crippen molar-refractivity contribution >= 4 is 5.97 Å². The minimum absolute atomic E-state index is 0.122. The van der Waals surface area contributed by atoms with E-state index in [-0.39, 0.29) is 18.0 Å². The van der Waals surface area contributed by atoms with Crippen LogP contribution in [0, 0.1) is 18.8 Å². The van der Waals surface area contributed by atoms with Crippen molar-refractivity contribution in [2.45, 2.75) is 58.1 Å². The van der Waals surface area contributed by atoms with E-state index < -0.39 is 5.97 Å². The maximum atomic E-state index is 11.3. The molecule has 3 heterocycles. The van der Waals surface area contributed by atoms with Crippen LogP contribution in [0.25, 0.3) is 11.4 Å². The van der Waals surface area contributed by atoms with E-state index in [4.69, 9.17) is 14.5 Å². The molecule has 2 atom stereocenters. The van der Waals surface area contributed by atoms with Gasteiger partial charge in [0.05, 0.1) is 35.7 Å². The highest BCUT2D eigenvalue weighted by atomic mass is 16.5. The topological polar surface area (TPSA) is 143 Å². The van der Waals surface area contributed by atoms with Crippen LogP contribution in [-0.2, 0) is 18.4 Å². The van der Waals surface area contributed by atoms with Crippen LogP contribution in [0.15, 0.2) is 12.1 Å². The third-order valence-electron chi connectivity index (χ3n) is 6.36. The van der Waals surface area contributed by atoms with Crippen LogP contribution in [0.1, 0.15) is 49.9 Å². The summed E-state index contributed by atoms with van der Waals surface area (Å²) in [6, 6.07) is 3.97. The van der Waals surface area contributed by atoms with Crippen molar-refractivity contribution in [1.29, 1.82) is 0 Å². The summed E-state index contributed by atoms with van der Waals surface area (Å²) in [6.45, 7) is 2.81. The van der Waals surface area contributed by atoms with Crippen LogP contribution in [0.5, 0.6) is 11.8 Å². The second-order valence-electron chi connectivity index (χ2n) is 9.09. The summed E-state index contributed by atoms with van der Waals surface area (Å²) < 4.78 is 13.4. The highest BCUT2D eigenvalue weighted by Gasteiger charge is 2.29. The summed E-state index contributed by atoms with van der Waals surface area (Å²) in [7, 11) is 1.81. The van der Waals surface area contributed by atoms with Crippen molar-refractivity contribution in [2.75, 3.05) is 6.61 Å². The fraction of sp³-hybridized carbons (Fsp3) is 0.591. The summed E-state index contributed by atoms with van der Waals surface area (Å²) in [5, 5.41) is 30.1. The Morgan fingerprint density at radius 2 is 2.03 bits per heavy atom. The Morgan fingerprint density at radius 3 is 2.79 bits per heavy atom. The zero-order valence-corrected chi connectivity index (χ0v) is 19.3. The molecule has 2 fully saturated rings. The molecule has 0 amide bonds. The average Bonchev–Trinajstić information content (AvgIpc) is 3.44. The monoisotopic (exact) mass is 468 g/mol. The van der Waals surface area contributed by atoms with E-state index in [2.05, 4.69) is 25.7 Å². The Balaban J connectivity index is 1.29. The van der Waals surface area contributed by atoms with Crippen LogP contribution < -0.4 is 9.47 Å². The number of aryl methyl sites for hydroxylation is 2. The molecule has 3 aromatic heterocycles. The molecule has 2 saturated carbocycles. The number of hydrogen-bond donors (Lipinski definition) is 1. The maximum Gasteiger partial charge on any atom is 0.356 e.